The van der Waals surface area contributed by atoms with Crippen LogP contribution in [-0.2, 0) is 9.53 Å². The van der Waals surface area contributed by atoms with E-state index in [4.69, 9.17) is 10.5 Å². The topological polar surface area (TPSA) is 52.3 Å². The summed E-state index contributed by atoms with van der Waals surface area (Å²) >= 11 is 0. The number of primary amides is 1. The van der Waals surface area contributed by atoms with Crippen molar-refractivity contribution in [3.05, 3.63) is 11.8 Å². The zero-order valence-electron chi connectivity index (χ0n) is 6.39. The third-order valence-electron chi connectivity index (χ3n) is 0.932. The quantitative estimate of drug-likeness (QED) is 0.467. The van der Waals surface area contributed by atoms with Crippen LogP contribution in [0.2, 0.25) is 0 Å². The molecule has 2 N–H and O–H groups in total. The van der Waals surface area contributed by atoms with Crippen molar-refractivity contribution in [1.29, 1.82) is 0 Å². The minimum Gasteiger partial charge on any atom is -0.488 e. The lowest BCUT2D eigenvalue weighted by molar-refractivity contribution is -0.117. The van der Waals surface area contributed by atoms with E-state index in [1.165, 1.54) is 0 Å². The Balaban J connectivity index is 3.98. The molecule has 0 fully saturated rings. The van der Waals surface area contributed by atoms with E-state index >= 15 is 0 Å². The summed E-state index contributed by atoms with van der Waals surface area (Å²) in [6, 6.07) is 0. The zero-order valence-corrected chi connectivity index (χ0v) is 6.39. The van der Waals surface area contributed by atoms with Crippen LogP contribution in [0.5, 0.6) is 0 Å². The third-order valence-corrected chi connectivity index (χ3v) is 0.932. The second kappa shape index (κ2) is 4.85. The van der Waals surface area contributed by atoms with Crippen molar-refractivity contribution in [3.8, 4) is 0 Å². The number of ether oxygens (including phenoxy) is 1. The first-order chi connectivity index (χ1) is 4.72. The highest BCUT2D eigenvalue weighted by atomic mass is 16.5. The van der Waals surface area contributed by atoms with Crippen molar-refractivity contribution in [2.24, 2.45) is 5.73 Å². The molecular formula is C7H13NO2. The average molecular weight is 143 g/mol. The van der Waals surface area contributed by atoms with Gasteiger partial charge in [0.1, 0.15) is 0 Å². The van der Waals surface area contributed by atoms with Crippen molar-refractivity contribution in [3.63, 3.8) is 0 Å². The zero-order chi connectivity index (χ0) is 7.98. The highest BCUT2D eigenvalue weighted by molar-refractivity contribution is 5.89. The fourth-order valence-corrected chi connectivity index (χ4v) is 0.572. The molecule has 0 radical (unpaired) electrons. The Morgan fingerprint density at radius 1 is 1.60 bits per heavy atom. The van der Waals surface area contributed by atoms with Crippen molar-refractivity contribution in [2.75, 3.05) is 6.61 Å². The maximum Gasteiger partial charge on any atom is 0.283 e. The fraction of sp³-hybridized carbons (Fsp3) is 0.571. The Bertz CT molecular complexity index is 141. The standard InChI is InChI=1S/C7H13NO2/c1-3-5-6(7(8)9)10-4-2/h5H,3-4H2,1-2H3,(H2,8,9). The summed E-state index contributed by atoms with van der Waals surface area (Å²) in [5.74, 6) is -0.228. The number of allylic oxidation sites excluding steroid dienone is 1. The highest BCUT2D eigenvalue weighted by Crippen LogP contribution is 1.96. The van der Waals surface area contributed by atoms with Crippen LogP contribution < -0.4 is 5.73 Å². The van der Waals surface area contributed by atoms with Crippen molar-refractivity contribution in [1.82, 2.24) is 0 Å². The van der Waals surface area contributed by atoms with Crippen molar-refractivity contribution in [2.45, 2.75) is 20.3 Å². The molecule has 0 aliphatic carbocycles. The molecule has 0 aliphatic rings. The molecule has 0 spiro atoms. The second-order valence-corrected chi connectivity index (χ2v) is 1.77. The molecule has 3 nitrogen and oxygen atoms in total. The van der Waals surface area contributed by atoms with Crippen LogP contribution >= 0.6 is 0 Å². The molecule has 0 saturated carbocycles. The van der Waals surface area contributed by atoms with E-state index in [9.17, 15) is 4.79 Å². The van der Waals surface area contributed by atoms with Crippen LogP contribution in [0.3, 0.4) is 0 Å². The van der Waals surface area contributed by atoms with Crippen LogP contribution in [0.4, 0.5) is 0 Å². The van der Waals surface area contributed by atoms with Gasteiger partial charge in [0.05, 0.1) is 6.61 Å². The number of amides is 1. The van der Waals surface area contributed by atoms with Gasteiger partial charge in [0.25, 0.3) is 5.91 Å². The van der Waals surface area contributed by atoms with Gasteiger partial charge < -0.3 is 10.5 Å². The molecule has 10 heavy (non-hydrogen) atoms. The largest absolute Gasteiger partial charge is 0.488 e. The SMILES string of the molecule is CCC=C(OCC)C(N)=O. The summed E-state index contributed by atoms with van der Waals surface area (Å²) < 4.78 is 4.93. The minimum atomic E-state index is -0.497. The van der Waals surface area contributed by atoms with Gasteiger partial charge in [0, 0.05) is 0 Å². The lowest BCUT2D eigenvalue weighted by atomic mass is 10.3. The van der Waals surface area contributed by atoms with Gasteiger partial charge in [-0.2, -0.15) is 0 Å². The molecule has 0 aromatic carbocycles. The van der Waals surface area contributed by atoms with Crippen molar-refractivity contribution >= 4 is 5.91 Å². The van der Waals surface area contributed by atoms with Gasteiger partial charge in [-0.25, -0.2) is 0 Å². The molecule has 58 valence electrons. The molecule has 0 atom stereocenters. The molecule has 0 aromatic heterocycles. The Morgan fingerprint density at radius 2 is 2.20 bits per heavy atom. The summed E-state index contributed by atoms with van der Waals surface area (Å²) in [6.45, 7) is 4.21. The van der Waals surface area contributed by atoms with E-state index in [2.05, 4.69) is 0 Å². The number of nitrogens with two attached hydrogens (primary N) is 1. The van der Waals surface area contributed by atoms with Crippen LogP contribution in [0.25, 0.3) is 0 Å². The maximum atomic E-state index is 10.5. The number of hydrogen-bond acceptors (Lipinski definition) is 2. The summed E-state index contributed by atoms with van der Waals surface area (Å²) in [6.07, 6.45) is 2.43. The molecule has 0 heterocycles. The summed E-state index contributed by atoms with van der Waals surface area (Å²) in [4.78, 5) is 10.5. The van der Waals surface area contributed by atoms with Crippen LogP contribution in [-0.4, -0.2) is 12.5 Å². The maximum absolute atomic E-state index is 10.5. The smallest absolute Gasteiger partial charge is 0.283 e. The normalized spacial score (nSPS) is 11.2. The van der Waals surface area contributed by atoms with E-state index in [0.717, 1.165) is 6.42 Å². The van der Waals surface area contributed by atoms with Gasteiger partial charge in [-0.05, 0) is 19.4 Å². The number of carbonyl (C=O) groups is 1. The summed E-state index contributed by atoms with van der Waals surface area (Å²) in [5.41, 5.74) is 4.98. The number of hydrogen-bond donors (Lipinski definition) is 1. The van der Waals surface area contributed by atoms with E-state index in [1.807, 2.05) is 13.8 Å². The van der Waals surface area contributed by atoms with Gasteiger partial charge in [0.15, 0.2) is 5.76 Å². The van der Waals surface area contributed by atoms with E-state index in [1.54, 1.807) is 6.08 Å². The first-order valence-electron chi connectivity index (χ1n) is 3.35. The second-order valence-electron chi connectivity index (χ2n) is 1.77. The first kappa shape index (κ1) is 9.01. The van der Waals surface area contributed by atoms with E-state index in [-0.39, 0.29) is 5.76 Å². The van der Waals surface area contributed by atoms with Gasteiger partial charge >= 0.3 is 0 Å². The third kappa shape index (κ3) is 3.12. The Hall–Kier alpha value is -0.990. The molecular weight excluding hydrogens is 130 g/mol. The minimum absolute atomic E-state index is 0.269. The molecule has 1 amide bonds. The fourth-order valence-electron chi connectivity index (χ4n) is 0.572. The monoisotopic (exact) mass is 143 g/mol. The molecule has 0 saturated heterocycles. The molecule has 0 aromatic rings. The van der Waals surface area contributed by atoms with Gasteiger partial charge in [0.2, 0.25) is 0 Å². The number of carbonyl (C=O) groups excluding carboxylic acids is 1. The lowest BCUT2D eigenvalue weighted by Gasteiger charge is -2.02. The molecule has 0 bridgehead atoms. The predicted molar refractivity (Wildman–Crippen MR) is 39.2 cm³/mol. The average Bonchev–Trinajstić information content (AvgIpc) is 1.87. The Labute approximate surface area is 60.9 Å². The first-order valence-corrected chi connectivity index (χ1v) is 3.35. The van der Waals surface area contributed by atoms with Gasteiger partial charge in [-0.15, -0.1) is 0 Å². The molecule has 3 heteroatoms. The van der Waals surface area contributed by atoms with Crippen LogP contribution in [0.1, 0.15) is 20.3 Å². The van der Waals surface area contributed by atoms with Crippen molar-refractivity contribution < 1.29 is 9.53 Å². The van der Waals surface area contributed by atoms with Gasteiger partial charge in [-0.1, -0.05) is 6.92 Å². The molecule has 0 aliphatic heterocycles. The lowest BCUT2D eigenvalue weighted by Crippen LogP contribution is -2.16. The van der Waals surface area contributed by atoms with Gasteiger partial charge in [-0.3, -0.25) is 4.79 Å². The molecule has 0 rings (SSSR count). The molecule has 0 unspecified atom stereocenters. The summed E-state index contributed by atoms with van der Waals surface area (Å²) in [5, 5.41) is 0. The summed E-state index contributed by atoms with van der Waals surface area (Å²) in [7, 11) is 0. The van der Waals surface area contributed by atoms with E-state index in [0.29, 0.717) is 6.61 Å². The van der Waals surface area contributed by atoms with Crippen LogP contribution in [0, 0.1) is 0 Å². The Morgan fingerprint density at radius 3 is 2.50 bits per heavy atom. The Kier molecular flexibility index (Phi) is 4.37. The van der Waals surface area contributed by atoms with Crippen LogP contribution in [0.15, 0.2) is 11.8 Å². The van der Waals surface area contributed by atoms with E-state index < -0.39 is 5.91 Å². The highest BCUT2D eigenvalue weighted by Gasteiger charge is 2.01. The predicted octanol–water partition coefficient (Wildman–Crippen LogP) is 0.802. The number of rotatable bonds is 4.